The SMILES string of the molecule is CNCCc1ccc(OCC2CCC2)c(Br)c1. The van der Waals surface area contributed by atoms with Crippen molar-refractivity contribution in [2.45, 2.75) is 25.7 Å². The van der Waals surface area contributed by atoms with E-state index in [1.807, 2.05) is 7.05 Å². The molecular formula is C14H20BrNO. The topological polar surface area (TPSA) is 21.3 Å². The summed E-state index contributed by atoms with van der Waals surface area (Å²) in [7, 11) is 1.98. The molecule has 2 rings (SSSR count). The molecule has 0 atom stereocenters. The second-order valence-electron chi connectivity index (χ2n) is 4.73. The first-order valence-corrected chi connectivity index (χ1v) is 7.14. The maximum atomic E-state index is 5.84. The molecule has 0 spiro atoms. The lowest BCUT2D eigenvalue weighted by molar-refractivity contribution is 0.180. The molecule has 1 saturated carbocycles. The van der Waals surface area contributed by atoms with Crippen molar-refractivity contribution < 1.29 is 4.74 Å². The van der Waals surface area contributed by atoms with Crippen LogP contribution in [0.1, 0.15) is 24.8 Å². The average Bonchev–Trinajstić information content (AvgIpc) is 2.27. The van der Waals surface area contributed by atoms with Crippen molar-refractivity contribution in [2.24, 2.45) is 5.92 Å². The minimum absolute atomic E-state index is 0.783. The summed E-state index contributed by atoms with van der Waals surface area (Å²) in [6.45, 7) is 1.88. The van der Waals surface area contributed by atoms with E-state index in [9.17, 15) is 0 Å². The summed E-state index contributed by atoms with van der Waals surface area (Å²) in [6, 6.07) is 6.39. The van der Waals surface area contributed by atoms with Crippen LogP contribution < -0.4 is 10.1 Å². The zero-order valence-corrected chi connectivity index (χ0v) is 11.9. The van der Waals surface area contributed by atoms with Gasteiger partial charge in [0.15, 0.2) is 0 Å². The molecular weight excluding hydrogens is 278 g/mol. The number of rotatable bonds is 6. The van der Waals surface area contributed by atoms with Gasteiger partial charge in [-0.05, 0) is 72.4 Å². The van der Waals surface area contributed by atoms with Crippen molar-refractivity contribution in [3.8, 4) is 5.75 Å². The highest BCUT2D eigenvalue weighted by molar-refractivity contribution is 9.10. The molecule has 0 aliphatic heterocycles. The highest BCUT2D eigenvalue weighted by atomic mass is 79.9. The maximum absolute atomic E-state index is 5.84. The summed E-state index contributed by atoms with van der Waals surface area (Å²) in [5.41, 5.74) is 1.34. The van der Waals surface area contributed by atoms with E-state index in [2.05, 4.69) is 39.4 Å². The van der Waals surface area contributed by atoms with Gasteiger partial charge in [0.05, 0.1) is 11.1 Å². The van der Waals surface area contributed by atoms with Crippen molar-refractivity contribution in [1.29, 1.82) is 0 Å². The Morgan fingerprint density at radius 2 is 2.24 bits per heavy atom. The molecule has 1 N–H and O–H groups in total. The van der Waals surface area contributed by atoms with Gasteiger partial charge in [-0.15, -0.1) is 0 Å². The first kappa shape index (κ1) is 12.9. The van der Waals surface area contributed by atoms with E-state index in [1.165, 1.54) is 24.8 Å². The Morgan fingerprint density at radius 1 is 1.41 bits per heavy atom. The third kappa shape index (κ3) is 3.71. The third-order valence-electron chi connectivity index (χ3n) is 3.36. The predicted molar refractivity (Wildman–Crippen MR) is 74.6 cm³/mol. The second kappa shape index (κ2) is 6.41. The Kier molecular flexibility index (Phi) is 4.86. The number of halogens is 1. The van der Waals surface area contributed by atoms with Crippen LogP contribution in [0.15, 0.2) is 22.7 Å². The Morgan fingerprint density at radius 3 is 2.82 bits per heavy atom. The van der Waals surface area contributed by atoms with E-state index in [4.69, 9.17) is 4.74 Å². The van der Waals surface area contributed by atoms with Gasteiger partial charge in [-0.3, -0.25) is 0 Å². The molecule has 1 aromatic rings. The largest absolute Gasteiger partial charge is 0.492 e. The minimum atomic E-state index is 0.783. The number of benzene rings is 1. The summed E-state index contributed by atoms with van der Waals surface area (Å²) in [6.07, 6.45) is 5.09. The molecule has 3 heteroatoms. The highest BCUT2D eigenvalue weighted by Crippen LogP contribution is 2.30. The monoisotopic (exact) mass is 297 g/mol. The van der Waals surface area contributed by atoms with Crippen molar-refractivity contribution in [2.75, 3.05) is 20.2 Å². The summed E-state index contributed by atoms with van der Waals surface area (Å²) >= 11 is 3.58. The Bertz CT molecular complexity index is 363. The van der Waals surface area contributed by atoms with Gasteiger partial charge in [-0.2, -0.15) is 0 Å². The van der Waals surface area contributed by atoms with Gasteiger partial charge >= 0.3 is 0 Å². The van der Waals surface area contributed by atoms with E-state index in [0.717, 1.165) is 35.7 Å². The second-order valence-corrected chi connectivity index (χ2v) is 5.58. The predicted octanol–water partition coefficient (Wildman–Crippen LogP) is 3.39. The minimum Gasteiger partial charge on any atom is -0.492 e. The van der Waals surface area contributed by atoms with Crippen LogP contribution in [0.5, 0.6) is 5.75 Å². The molecule has 17 heavy (non-hydrogen) atoms. The van der Waals surface area contributed by atoms with E-state index in [-0.39, 0.29) is 0 Å². The number of nitrogens with one attached hydrogen (secondary N) is 1. The van der Waals surface area contributed by atoms with Gasteiger partial charge in [0.1, 0.15) is 5.75 Å². The lowest BCUT2D eigenvalue weighted by atomic mass is 9.86. The van der Waals surface area contributed by atoms with Gasteiger partial charge in [0.25, 0.3) is 0 Å². The van der Waals surface area contributed by atoms with Crippen LogP contribution in [0.3, 0.4) is 0 Å². The van der Waals surface area contributed by atoms with Crippen molar-refractivity contribution in [1.82, 2.24) is 5.32 Å². The third-order valence-corrected chi connectivity index (χ3v) is 3.98. The molecule has 0 amide bonds. The molecule has 1 aromatic carbocycles. The fourth-order valence-corrected chi connectivity index (χ4v) is 2.49. The van der Waals surface area contributed by atoms with Crippen LogP contribution in [0.2, 0.25) is 0 Å². The summed E-state index contributed by atoms with van der Waals surface area (Å²) in [4.78, 5) is 0. The smallest absolute Gasteiger partial charge is 0.133 e. The van der Waals surface area contributed by atoms with Crippen LogP contribution >= 0.6 is 15.9 Å². The first-order valence-electron chi connectivity index (χ1n) is 6.35. The fraction of sp³-hybridized carbons (Fsp3) is 0.571. The van der Waals surface area contributed by atoms with Crippen LogP contribution in [0, 0.1) is 5.92 Å². The Balaban J connectivity index is 1.88. The summed E-state index contributed by atoms with van der Waals surface area (Å²) in [5, 5.41) is 3.16. The van der Waals surface area contributed by atoms with Crippen LogP contribution in [0.4, 0.5) is 0 Å². The number of ether oxygens (including phenoxy) is 1. The standard InChI is InChI=1S/C14H20BrNO/c1-16-8-7-11-5-6-14(13(15)9-11)17-10-12-3-2-4-12/h5-6,9,12,16H,2-4,7-8,10H2,1H3. The number of hydrogen-bond donors (Lipinski definition) is 1. The molecule has 0 radical (unpaired) electrons. The van der Waals surface area contributed by atoms with E-state index < -0.39 is 0 Å². The molecule has 1 aliphatic carbocycles. The van der Waals surface area contributed by atoms with Gasteiger partial charge < -0.3 is 10.1 Å². The van der Waals surface area contributed by atoms with Crippen LogP contribution in [-0.2, 0) is 6.42 Å². The van der Waals surface area contributed by atoms with Gasteiger partial charge in [-0.1, -0.05) is 12.5 Å². The molecule has 1 fully saturated rings. The van der Waals surface area contributed by atoms with Crippen LogP contribution in [0.25, 0.3) is 0 Å². The van der Waals surface area contributed by atoms with Gasteiger partial charge in [-0.25, -0.2) is 0 Å². The quantitative estimate of drug-likeness (QED) is 0.869. The van der Waals surface area contributed by atoms with Crippen molar-refractivity contribution in [3.05, 3.63) is 28.2 Å². The van der Waals surface area contributed by atoms with Crippen molar-refractivity contribution in [3.63, 3.8) is 0 Å². The summed E-state index contributed by atoms with van der Waals surface area (Å²) in [5.74, 6) is 1.76. The lowest BCUT2D eigenvalue weighted by Crippen LogP contribution is -2.19. The molecule has 0 bridgehead atoms. The van der Waals surface area contributed by atoms with Gasteiger partial charge in [0.2, 0.25) is 0 Å². The number of hydrogen-bond acceptors (Lipinski definition) is 2. The first-order chi connectivity index (χ1) is 8.29. The Hall–Kier alpha value is -0.540. The molecule has 94 valence electrons. The Labute approximate surface area is 112 Å². The normalized spacial score (nSPS) is 15.6. The molecule has 0 aromatic heterocycles. The highest BCUT2D eigenvalue weighted by Gasteiger charge is 2.18. The van der Waals surface area contributed by atoms with E-state index in [0.29, 0.717) is 0 Å². The molecule has 0 heterocycles. The summed E-state index contributed by atoms with van der Waals surface area (Å²) < 4.78 is 6.91. The molecule has 2 nitrogen and oxygen atoms in total. The zero-order valence-electron chi connectivity index (χ0n) is 10.3. The van der Waals surface area contributed by atoms with E-state index in [1.54, 1.807) is 0 Å². The van der Waals surface area contributed by atoms with Crippen LogP contribution in [-0.4, -0.2) is 20.2 Å². The fourth-order valence-electron chi connectivity index (χ4n) is 1.95. The molecule has 1 aliphatic rings. The van der Waals surface area contributed by atoms with E-state index >= 15 is 0 Å². The molecule has 0 saturated heterocycles. The van der Waals surface area contributed by atoms with Gasteiger partial charge in [0, 0.05) is 0 Å². The maximum Gasteiger partial charge on any atom is 0.133 e. The molecule has 0 unspecified atom stereocenters. The lowest BCUT2D eigenvalue weighted by Gasteiger charge is -2.25. The van der Waals surface area contributed by atoms with Crippen molar-refractivity contribution >= 4 is 15.9 Å². The zero-order chi connectivity index (χ0) is 12.1. The number of likely N-dealkylation sites (N-methyl/N-ethyl adjacent to an activating group) is 1. The average molecular weight is 298 g/mol.